The molecule has 1 saturated carbocycles. The molecule has 1 aliphatic carbocycles. The van der Waals surface area contributed by atoms with Crippen LogP contribution in [0.15, 0.2) is 29.3 Å². The lowest BCUT2D eigenvalue weighted by molar-refractivity contribution is -0.274. The number of anilines is 1. The number of guanidine groups is 1. The van der Waals surface area contributed by atoms with Crippen LogP contribution in [0.4, 0.5) is 18.9 Å². The third-order valence-corrected chi connectivity index (χ3v) is 3.62. The van der Waals surface area contributed by atoms with E-state index in [1.165, 1.54) is 24.3 Å². The maximum atomic E-state index is 12.0. The number of hydrogen-bond acceptors (Lipinski definition) is 2. The number of benzene rings is 1. The highest BCUT2D eigenvalue weighted by Crippen LogP contribution is 2.42. The number of ether oxygens (including phenoxy) is 1. The molecule has 0 aromatic heterocycles. The van der Waals surface area contributed by atoms with Crippen LogP contribution in [0.2, 0.25) is 0 Å². The summed E-state index contributed by atoms with van der Waals surface area (Å²) in [5.74, 6) is -0.0130. The molecule has 0 saturated heterocycles. The molecule has 0 aliphatic heterocycles. The van der Waals surface area contributed by atoms with E-state index in [0.717, 1.165) is 12.8 Å². The highest BCUT2D eigenvalue weighted by Gasteiger charge is 2.38. The first-order valence-corrected chi connectivity index (χ1v) is 6.62. The first-order chi connectivity index (χ1) is 9.66. The lowest BCUT2D eigenvalue weighted by Crippen LogP contribution is -2.40. The summed E-state index contributed by atoms with van der Waals surface area (Å²) in [5.41, 5.74) is 6.51. The molecule has 1 aliphatic rings. The van der Waals surface area contributed by atoms with Crippen molar-refractivity contribution in [3.63, 3.8) is 0 Å². The molecule has 2 rings (SSSR count). The number of alkyl halides is 3. The van der Waals surface area contributed by atoms with E-state index < -0.39 is 6.36 Å². The van der Waals surface area contributed by atoms with E-state index in [2.05, 4.69) is 28.9 Å². The number of nitrogens with two attached hydrogens (primary N) is 1. The average Bonchev–Trinajstić information content (AvgIpc) is 2.35. The number of nitrogens with one attached hydrogen (secondary N) is 1. The summed E-state index contributed by atoms with van der Waals surface area (Å²) in [6.07, 6.45) is -2.59. The van der Waals surface area contributed by atoms with E-state index in [0.29, 0.717) is 5.69 Å². The van der Waals surface area contributed by atoms with Gasteiger partial charge in [0.1, 0.15) is 5.75 Å². The normalized spacial score (nSPS) is 20.6. The van der Waals surface area contributed by atoms with Gasteiger partial charge in [0.2, 0.25) is 0 Å². The molecule has 1 fully saturated rings. The molecular formula is C14H19F3IN3O. The number of halogens is 4. The Morgan fingerprint density at radius 1 is 1.32 bits per heavy atom. The number of hydrogen-bond donors (Lipinski definition) is 2. The Labute approximate surface area is 144 Å². The summed E-state index contributed by atoms with van der Waals surface area (Å²) in [6.45, 7) is 4.25. The van der Waals surface area contributed by atoms with Crippen molar-refractivity contribution in [2.75, 3.05) is 5.32 Å². The van der Waals surface area contributed by atoms with Crippen LogP contribution in [-0.4, -0.2) is 18.4 Å². The lowest BCUT2D eigenvalue weighted by Gasteiger charge is -2.41. The molecule has 1 aromatic rings. The second kappa shape index (κ2) is 6.93. The zero-order valence-electron chi connectivity index (χ0n) is 12.3. The van der Waals surface area contributed by atoms with E-state index in [-0.39, 0.29) is 47.1 Å². The first-order valence-electron chi connectivity index (χ1n) is 6.62. The molecule has 1 atom stereocenters. The quantitative estimate of drug-likeness (QED) is 0.432. The second-order valence-corrected chi connectivity index (χ2v) is 5.75. The van der Waals surface area contributed by atoms with Crippen molar-refractivity contribution in [2.24, 2.45) is 16.1 Å². The lowest BCUT2D eigenvalue weighted by atomic mass is 9.68. The van der Waals surface area contributed by atoms with Crippen molar-refractivity contribution in [3.8, 4) is 5.75 Å². The van der Waals surface area contributed by atoms with Crippen LogP contribution in [-0.2, 0) is 0 Å². The zero-order chi connectivity index (χ0) is 15.7. The van der Waals surface area contributed by atoms with Crippen molar-refractivity contribution in [2.45, 2.75) is 39.1 Å². The molecule has 1 aromatic carbocycles. The van der Waals surface area contributed by atoms with Gasteiger partial charge in [0.05, 0.1) is 6.04 Å². The average molecular weight is 429 g/mol. The van der Waals surface area contributed by atoms with Crippen LogP contribution in [0.3, 0.4) is 0 Å². The summed E-state index contributed by atoms with van der Waals surface area (Å²) in [4.78, 5) is 4.38. The van der Waals surface area contributed by atoms with Gasteiger partial charge in [0.25, 0.3) is 0 Å². The monoisotopic (exact) mass is 429 g/mol. The number of nitrogens with zero attached hydrogens (tertiary/aromatic N) is 1. The summed E-state index contributed by atoms with van der Waals surface area (Å²) < 4.78 is 39.9. The van der Waals surface area contributed by atoms with Gasteiger partial charge >= 0.3 is 6.36 Å². The summed E-state index contributed by atoms with van der Waals surface area (Å²) in [5, 5.41) is 2.86. The van der Waals surface area contributed by atoms with Gasteiger partial charge in [-0.3, -0.25) is 0 Å². The van der Waals surface area contributed by atoms with Gasteiger partial charge in [0, 0.05) is 5.69 Å². The maximum absolute atomic E-state index is 12.0. The van der Waals surface area contributed by atoms with Crippen molar-refractivity contribution in [1.29, 1.82) is 0 Å². The Morgan fingerprint density at radius 2 is 1.91 bits per heavy atom. The topological polar surface area (TPSA) is 59.6 Å². The Kier molecular flexibility index (Phi) is 5.94. The fourth-order valence-electron chi connectivity index (χ4n) is 2.18. The fraction of sp³-hybridized carbons (Fsp3) is 0.500. The van der Waals surface area contributed by atoms with Crippen molar-refractivity contribution < 1.29 is 17.9 Å². The predicted molar refractivity (Wildman–Crippen MR) is 90.6 cm³/mol. The van der Waals surface area contributed by atoms with Gasteiger partial charge in [-0.15, -0.1) is 37.1 Å². The van der Waals surface area contributed by atoms with Crippen LogP contribution in [0, 0.1) is 5.41 Å². The van der Waals surface area contributed by atoms with E-state index in [4.69, 9.17) is 5.73 Å². The smallest absolute Gasteiger partial charge is 0.406 e. The van der Waals surface area contributed by atoms with Crippen molar-refractivity contribution in [1.82, 2.24) is 0 Å². The summed E-state index contributed by atoms with van der Waals surface area (Å²) >= 11 is 0. The van der Waals surface area contributed by atoms with Crippen LogP contribution in [0.1, 0.15) is 26.7 Å². The minimum Gasteiger partial charge on any atom is -0.406 e. The SMILES string of the molecule is CC1(C)CCC1N=C(N)Nc1ccc(OC(F)(F)F)cc1.I. The molecule has 8 heteroatoms. The third-order valence-electron chi connectivity index (χ3n) is 3.62. The molecule has 0 bridgehead atoms. The van der Waals surface area contributed by atoms with Gasteiger partial charge in [-0.1, -0.05) is 13.8 Å². The number of rotatable bonds is 3. The molecular weight excluding hydrogens is 410 g/mol. The highest BCUT2D eigenvalue weighted by molar-refractivity contribution is 14.0. The molecule has 22 heavy (non-hydrogen) atoms. The molecule has 0 heterocycles. The van der Waals surface area contributed by atoms with Gasteiger partial charge in [-0.2, -0.15) is 0 Å². The molecule has 3 N–H and O–H groups in total. The zero-order valence-corrected chi connectivity index (χ0v) is 14.6. The van der Waals surface area contributed by atoms with Crippen LogP contribution in [0.25, 0.3) is 0 Å². The third kappa shape index (κ3) is 5.22. The van der Waals surface area contributed by atoms with Crippen molar-refractivity contribution in [3.05, 3.63) is 24.3 Å². The van der Waals surface area contributed by atoms with Crippen LogP contribution in [0.5, 0.6) is 5.75 Å². The molecule has 0 spiro atoms. The Hall–Kier alpha value is -1.19. The summed E-state index contributed by atoms with van der Waals surface area (Å²) in [7, 11) is 0. The van der Waals surface area contributed by atoms with Gasteiger partial charge in [0.15, 0.2) is 5.96 Å². The molecule has 124 valence electrons. The minimum absolute atomic E-state index is 0. The van der Waals surface area contributed by atoms with Crippen molar-refractivity contribution >= 4 is 35.6 Å². The first kappa shape index (κ1) is 18.9. The van der Waals surface area contributed by atoms with E-state index in [9.17, 15) is 13.2 Å². The van der Waals surface area contributed by atoms with Gasteiger partial charge < -0.3 is 15.8 Å². The van der Waals surface area contributed by atoms with E-state index >= 15 is 0 Å². The van der Waals surface area contributed by atoms with Gasteiger partial charge in [-0.05, 0) is 42.5 Å². The minimum atomic E-state index is -4.69. The highest BCUT2D eigenvalue weighted by atomic mass is 127. The largest absolute Gasteiger partial charge is 0.573 e. The van der Waals surface area contributed by atoms with Gasteiger partial charge in [-0.25, -0.2) is 4.99 Å². The second-order valence-electron chi connectivity index (χ2n) is 5.75. The predicted octanol–water partition coefficient (Wildman–Crippen LogP) is 4.12. The molecule has 1 unspecified atom stereocenters. The Balaban J connectivity index is 0.00000242. The standard InChI is InChI=1S/C14H18F3N3O.HI/c1-13(2)8-7-11(13)20-12(18)19-9-3-5-10(6-4-9)21-14(15,16)17;/h3-6,11H,7-8H2,1-2H3,(H3,18,19,20);1H. The Morgan fingerprint density at radius 3 is 2.32 bits per heavy atom. The fourth-order valence-corrected chi connectivity index (χ4v) is 2.18. The maximum Gasteiger partial charge on any atom is 0.573 e. The van der Waals surface area contributed by atoms with Crippen LogP contribution >= 0.6 is 24.0 Å². The van der Waals surface area contributed by atoms with E-state index in [1.807, 2.05) is 0 Å². The van der Waals surface area contributed by atoms with Crippen LogP contribution < -0.4 is 15.8 Å². The van der Waals surface area contributed by atoms with E-state index in [1.54, 1.807) is 0 Å². The molecule has 0 radical (unpaired) electrons. The Bertz CT molecular complexity index is 529. The summed E-state index contributed by atoms with van der Waals surface area (Å²) in [6, 6.07) is 5.52. The molecule has 0 amide bonds. The molecule has 4 nitrogen and oxygen atoms in total. The number of aliphatic imine (C=N–C) groups is 1.